The first-order valence-electron chi connectivity index (χ1n) is 9.28. The summed E-state index contributed by atoms with van der Waals surface area (Å²) < 4.78 is 0. The number of nitrogens with zero attached hydrogens (tertiary/aromatic N) is 5. The Bertz CT molecular complexity index is 576. The van der Waals surface area contributed by atoms with Crippen molar-refractivity contribution in [3.63, 3.8) is 0 Å². The monoisotopic (exact) mass is 456 g/mol. The van der Waals surface area contributed by atoms with E-state index in [0.717, 1.165) is 50.5 Å². The van der Waals surface area contributed by atoms with E-state index in [1.165, 1.54) is 32.1 Å². The molecule has 0 spiro atoms. The lowest BCUT2D eigenvalue weighted by molar-refractivity contribution is 0.104. The lowest BCUT2D eigenvalue weighted by atomic mass is 9.65. The molecule has 4 rings (SSSR count). The van der Waals surface area contributed by atoms with Crippen LogP contribution in [0.2, 0.25) is 0 Å². The van der Waals surface area contributed by atoms with Crippen molar-refractivity contribution < 1.29 is 0 Å². The molecular weight excluding hydrogens is 427 g/mol. The summed E-state index contributed by atoms with van der Waals surface area (Å²) in [7, 11) is 1.90. The first-order chi connectivity index (χ1) is 11.8. The normalized spacial score (nSPS) is 22.8. The average Bonchev–Trinajstić information content (AvgIpc) is 3.44. The molecule has 1 aliphatic heterocycles. The first-order valence-corrected chi connectivity index (χ1v) is 9.28. The van der Waals surface area contributed by atoms with Crippen molar-refractivity contribution in [2.24, 2.45) is 16.3 Å². The van der Waals surface area contributed by atoms with Crippen molar-refractivity contribution in [1.29, 1.82) is 0 Å². The van der Waals surface area contributed by atoms with E-state index in [0.29, 0.717) is 5.41 Å². The van der Waals surface area contributed by atoms with Crippen LogP contribution in [0, 0.1) is 11.3 Å². The lowest BCUT2D eigenvalue weighted by Gasteiger charge is -2.44. The Balaban J connectivity index is 0.00000182. The molecule has 1 aromatic rings. The van der Waals surface area contributed by atoms with Crippen molar-refractivity contribution in [2.45, 2.75) is 32.1 Å². The third kappa shape index (κ3) is 4.01. The van der Waals surface area contributed by atoms with Crippen molar-refractivity contribution in [3.8, 4) is 0 Å². The molecule has 3 fully saturated rings. The second-order valence-electron chi connectivity index (χ2n) is 7.41. The number of rotatable bonds is 4. The molecule has 1 N–H and O–H groups in total. The predicted molar refractivity (Wildman–Crippen MR) is 112 cm³/mol. The highest BCUT2D eigenvalue weighted by Crippen LogP contribution is 2.56. The minimum atomic E-state index is 0. The third-order valence-electron chi connectivity index (χ3n) is 6.02. The quantitative estimate of drug-likeness (QED) is 0.429. The molecule has 0 atom stereocenters. The molecule has 138 valence electrons. The third-order valence-corrected chi connectivity index (χ3v) is 6.02. The van der Waals surface area contributed by atoms with Gasteiger partial charge in [-0.15, -0.1) is 24.0 Å². The van der Waals surface area contributed by atoms with E-state index in [-0.39, 0.29) is 24.0 Å². The van der Waals surface area contributed by atoms with Gasteiger partial charge >= 0.3 is 0 Å². The van der Waals surface area contributed by atoms with Crippen LogP contribution in [-0.4, -0.2) is 60.6 Å². The summed E-state index contributed by atoms with van der Waals surface area (Å²) >= 11 is 0. The molecule has 0 aromatic carbocycles. The largest absolute Gasteiger partial charge is 0.356 e. The van der Waals surface area contributed by atoms with Crippen LogP contribution in [-0.2, 0) is 0 Å². The Morgan fingerprint density at radius 2 is 1.88 bits per heavy atom. The van der Waals surface area contributed by atoms with Gasteiger partial charge < -0.3 is 15.1 Å². The zero-order chi connectivity index (χ0) is 16.4. The zero-order valence-corrected chi connectivity index (χ0v) is 17.4. The van der Waals surface area contributed by atoms with E-state index in [1.54, 1.807) is 0 Å². The van der Waals surface area contributed by atoms with Crippen LogP contribution in [0.5, 0.6) is 0 Å². The number of piperazine rings is 1. The van der Waals surface area contributed by atoms with Gasteiger partial charge in [0, 0.05) is 52.2 Å². The Kier molecular flexibility index (Phi) is 6.01. The smallest absolute Gasteiger partial charge is 0.225 e. The average molecular weight is 456 g/mol. The second kappa shape index (κ2) is 8.05. The zero-order valence-electron chi connectivity index (χ0n) is 15.0. The summed E-state index contributed by atoms with van der Waals surface area (Å²) in [5.74, 6) is 2.88. The van der Waals surface area contributed by atoms with Gasteiger partial charge in [-0.2, -0.15) is 0 Å². The van der Waals surface area contributed by atoms with E-state index in [9.17, 15) is 0 Å². The SMILES string of the molecule is CN=C(NCC1(C2CC2)CCC1)N1CCN(c2ncccn2)CC1.I. The van der Waals surface area contributed by atoms with Gasteiger partial charge in [0.15, 0.2) is 5.96 Å². The highest BCUT2D eigenvalue weighted by atomic mass is 127. The van der Waals surface area contributed by atoms with Gasteiger partial charge in [-0.05, 0) is 43.1 Å². The Hall–Kier alpha value is -1.12. The van der Waals surface area contributed by atoms with Crippen molar-refractivity contribution in [2.75, 3.05) is 44.7 Å². The van der Waals surface area contributed by atoms with Crippen LogP contribution in [0.1, 0.15) is 32.1 Å². The molecule has 1 aromatic heterocycles. The van der Waals surface area contributed by atoms with Crippen LogP contribution >= 0.6 is 24.0 Å². The van der Waals surface area contributed by atoms with Gasteiger partial charge in [-0.1, -0.05) is 6.42 Å². The van der Waals surface area contributed by atoms with Crippen molar-refractivity contribution >= 4 is 35.9 Å². The minimum Gasteiger partial charge on any atom is -0.356 e. The van der Waals surface area contributed by atoms with Crippen LogP contribution in [0.15, 0.2) is 23.5 Å². The number of nitrogens with one attached hydrogen (secondary N) is 1. The molecule has 0 unspecified atom stereocenters. The molecule has 6 nitrogen and oxygen atoms in total. The maximum absolute atomic E-state index is 4.53. The van der Waals surface area contributed by atoms with Crippen LogP contribution < -0.4 is 10.2 Å². The predicted octanol–water partition coefficient (Wildman–Crippen LogP) is 2.37. The summed E-state index contributed by atoms with van der Waals surface area (Å²) in [6.07, 6.45) is 10.7. The fourth-order valence-electron chi connectivity index (χ4n) is 4.22. The van der Waals surface area contributed by atoms with Gasteiger partial charge in [0.25, 0.3) is 0 Å². The first kappa shape index (κ1) is 18.7. The van der Waals surface area contributed by atoms with Gasteiger partial charge in [-0.25, -0.2) is 9.97 Å². The molecule has 0 radical (unpaired) electrons. The number of guanidine groups is 1. The summed E-state index contributed by atoms with van der Waals surface area (Å²) in [4.78, 5) is 17.9. The maximum Gasteiger partial charge on any atom is 0.225 e. The number of hydrogen-bond acceptors (Lipinski definition) is 4. The number of hydrogen-bond donors (Lipinski definition) is 1. The van der Waals surface area contributed by atoms with Crippen molar-refractivity contribution in [1.82, 2.24) is 20.2 Å². The molecule has 2 saturated carbocycles. The number of anilines is 1. The molecule has 25 heavy (non-hydrogen) atoms. The van der Waals surface area contributed by atoms with Crippen molar-refractivity contribution in [3.05, 3.63) is 18.5 Å². The molecule has 2 aliphatic carbocycles. The molecule has 2 heterocycles. The second-order valence-corrected chi connectivity index (χ2v) is 7.41. The van der Waals surface area contributed by atoms with Crippen LogP contribution in [0.4, 0.5) is 5.95 Å². The fourth-order valence-corrected chi connectivity index (χ4v) is 4.22. The molecule has 0 amide bonds. The molecule has 7 heteroatoms. The summed E-state index contributed by atoms with van der Waals surface area (Å²) in [6, 6.07) is 1.86. The number of aliphatic imine (C=N–C) groups is 1. The Morgan fingerprint density at radius 1 is 1.20 bits per heavy atom. The summed E-state index contributed by atoms with van der Waals surface area (Å²) in [6.45, 7) is 4.92. The topological polar surface area (TPSA) is 56.7 Å². The molecule has 1 saturated heterocycles. The highest BCUT2D eigenvalue weighted by Gasteiger charge is 2.48. The van der Waals surface area contributed by atoms with E-state index in [1.807, 2.05) is 25.5 Å². The molecular formula is C18H29IN6. The van der Waals surface area contributed by atoms with E-state index < -0.39 is 0 Å². The fraction of sp³-hybridized carbons (Fsp3) is 0.722. The highest BCUT2D eigenvalue weighted by molar-refractivity contribution is 14.0. The minimum absolute atomic E-state index is 0. The Labute approximate surface area is 167 Å². The molecule has 3 aliphatic rings. The van der Waals surface area contributed by atoms with Crippen LogP contribution in [0.25, 0.3) is 0 Å². The van der Waals surface area contributed by atoms with E-state index in [4.69, 9.17) is 0 Å². The Morgan fingerprint density at radius 3 is 2.40 bits per heavy atom. The van der Waals surface area contributed by atoms with Gasteiger partial charge in [0.2, 0.25) is 5.95 Å². The van der Waals surface area contributed by atoms with Gasteiger partial charge in [0.05, 0.1) is 0 Å². The molecule has 0 bridgehead atoms. The van der Waals surface area contributed by atoms with Gasteiger partial charge in [0.1, 0.15) is 0 Å². The van der Waals surface area contributed by atoms with E-state index in [2.05, 4.69) is 30.1 Å². The van der Waals surface area contributed by atoms with Gasteiger partial charge in [-0.3, -0.25) is 4.99 Å². The number of aromatic nitrogens is 2. The number of halogens is 1. The van der Waals surface area contributed by atoms with E-state index >= 15 is 0 Å². The lowest BCUT2D eigenvalue weighted by Crippen LogP contribution is -2.55. The summed E-state index contributed by atoms with van der Waals surface area (Å²) in [5, 5.41) is 3.68. The van der Waals surface area contributed by atoms with Crippen LogP contribution in [0.3, 0.4) is 0 Å². The maximum atomic E-state index is 4.53. The standard InChI is InChI=1S/C18H28N6.HI/c1-19-16(22-14-18(6-2-7-18)15-4-5-15)23-10-12-24(13-11-23)17-20-8-3-9-21-17;/h3,8-9,15H,2,4-7,10-14H2,1H3,(H,19,22);1H. The summed E-state index contributed by atoms with van der Waals surface area (Å²) in [5.41, 5.74) is 0.579.